The third kappa shape index (κ3) is 4.16. The first-order valence-electron chi connectivity index (χ1n) is 13.8. The molecule has 0 atom stereocenters. The topological polar surface area (TPSA) is 21.7 Å². The lowest BCUT2D eigenvalue weighted by molar-refractivity contribution is 0.360. The molecule has 1 aliphatic rings. The summed E-state index contributed by atoms with van der Waals surface area (Å²) in [6.45, 7) is 0. The molecule has 1 heterocycles. The van der Waals surface area contributed by atoms with Crippen LogP contribution in [0.15, 0.2) is 152 Å². The summed E-state index contributed by atoms with van der Waals surface area (Å²) >= 11 is 0. The zero-order valence-corrected chi connectivity index (χ0v) is 22.2. The van der Waals surface area contributed by atoms with Crippen molar-refractivity contribution >= 4 is 38.6 Å². The van der Waals surface area contributed by atoms with Crippen molar-refractivity contribution in [2.45, 2.75) is 0 Å². The van der Waals surface area contributed by atoms with Gasteiger partial charge in [0.05, 0.1) is 5.69 Å². The normalized spacial score (nSPS) is 11.8. The van der Waals surface area contributed by atoms with Gasteiger partial charge in [-0.05, 0) is 81.2 Å². The van der Waals surface area contributed by atoms with Gasteiger partial charge >= 0.3 is 0 Å². The second-order valence-electron chi connectivity index (χ2n) is 10.2. The van der Waals surface area contributed by atoms with Crippen LogP contribution in [0.3, 0.4) is 0 Å². The van der Waals surface area contributed by atoms with Gasteiger partial charge in [-0.3, -0.25) is 0 Å². The Kier molecular flexibility index (Phi) is 5.46. The lowest BCUT2D eigenvalue weighted by Gasteiger charge is -2.28. The molecule has 0 saturated carbocycles. The number of para-hydroxylation sites is 2. The Bertz CT molecular complexity index is 2050. The molecule has 7 aromatic rings. The summed E-state index contributed by atoms with van der Waals surface area (Å²) in [7, 11) is 0. The number of anilines is 3. The Labute approximate surface area is 238 Å². The van der Waals surface area contributed by atoms with E-state index in [9.17, 15) is 0 Å². The van der Waals surface area contributed by atoms with E-state index >= 15 is 0 Å². The van der Waals surface area contributed by atoms with Crippen molar-refractivity contribution in [3.63, 3.8) is 0 Å². The molecule has 0 aromatic heterocycles. The Hall–Kier alpha value is -5.54. The molecule has 3 nitrogen and oxygen atoms in total. The fourth-order valence-corrected chi connectivity index (χ4v) is 5.68. The van der Waals surface area contributed by atoms with Crippen molar-refractivity contribution in [1.82, 2.24) is 0 Å². The van der Waals surface area contributed by atoms with Gasteiger partial charge in [-0.2, -0.15) is 0 Å². The smallest absolute Gasteiger partial charge is 0.172 e. The highest BCUT2D eigenvalue weighted by atomic mass is 16.6. The summed E-state index contributed by atoms with van der Waals surface area (Å²) in [6, 6.07) is 52.7. The average molecular weight is 528 g/mol. The maximum Gasteiger partial charge on any atom is 0.172 e. The number of ether oxygens (including phenoxy) is 2. The van der Waals surface area contributed by atoms with Crippen LogP contribution in [-0.4, -0.2) is 0 Å². The molecule has 7 aromatic carbocycles. The minimum Gasteiger partial charge on any atom is -0.450 e. The van der Waals surface area contributed by atoms with Crippen molar-refractivity contribution in [2.75, 3.05) is 4.90 Å². The van der Waals surface area contributed by atoms with Gasteiger partial charge in [0.25, 0.3) is 0 Å². The van der Waals surface area contributed by atoms with Crippen LogP contribution in [-0.2, 0) is 0 Å². The Balaban J connectivity index is 1.26. The van der Waals surface area contributed by atoms with Crippen LogP contribution in [0.1, 0.15) is 0 Å². The molecule has 1 aliphatic heterocycles. The molecule has 41 heavy (non-hydrogen) atoms. The van der Waals surface area contributed by atoms with Crippen LogP contribution < -0.4 is 14.4 Å². The van der Waals surface area contributed by atoms with E-state index in [2.05, 4.69) is 120 Å². The molecule has 0 N–H and O–H groups in total. The van der Waals surface area contributed by atoms with Gasteiger partial charge in [-0.25, -0.2) is 0 Å². The monoisotopic (exact) mass is 527 g/mol. The Morgan fingerprint density at radius 3 is 1.73 bits per heavy atom. The van der Waals surface area contributed by atoms with E-state index in [0.29, 0.717) is 17.2 Å². The van der Waals surface area contributed by atoms with Crippen LogP contribution >= 0.6 is 0 Å². The fourth-order valence-electron chi connectivity index (χ4n) is 5.68. The highest BCUT2D eigenvalue weighted by molar-refractivity contribution is 6.08. The van der Waals surface area contributed by atoms with Crippen molar-refractivity contribution in [3.05, 3.63) is 152 Å². The molecule has 3 heteroatoms. The summed E-state index contributed by atoms with van der Waals surface area (Å²) in [4.78, 5) is 2.27. The van der Waals surface area contributed by atoms with Crippen LogP contribution in [0.25, 0.3) is 32.7 Å². The number of rotatable bonds is 4. The van der Waals surface area contributed by atoms with Gasteiger partial charge in [0.15, 0.2) is 23.0 Å². The van der Waals surface area contributed by atoms with Crippen molar-refractivity contribution < 1.29 is 9.47 Å². The molecule has 0 unspecified atom stereocenters. The predicted molar refractivity (Wildman–Crippen MR) is 168 cm³/mol. The van der Waals surface area contributed by atoms with Gasteiger partial charge in [0.2, 0.25) is 0 Å². The lowest BCUT2D eigenvalue weighted by atomic mass is 10.0. The third-order valence-corrected chi connectivity index (χ3v) is 7.69. The minimum absolute atomic E-state index is 0.693. The maximum absolute atomic E-state index is 6.28. The molecule has 0 saturated heterocycles. The molecular formula is C38H25NO2. The molecule has 194 valence electrons. The SMILES string of the molecule is c1ccc(-c2ccc(N(c3ccc4c(c3)Oc3ccccc3O4)c3ccc4c(ccc5ccccc54)c3)cc2)cc1. The molecule has 0 fully saturated rings. The van der Waals surface area contributed by atoms with Gasteiger partial charge in [-0.15, -0.1) is 0 Å². The van der Waals surface area contributed by atoms with Crippen molar-refractivity contribution in [2.24, 2.45) is 0 Å². The highest BCUT2D eigenvalue weighted by Gasteiger charge is 2.21. The number of hydrogen-bond acceptors (Lipinski definition) is 3. The first-order valence-corrected chi connectivity index (χ1v) is 13.8. The summed E-state index contributed by atoms with van der Waals surface area (Å²) < 4.78 is 12.4. The van der Waals surface area contributed by atoms with Gasteiger partial charge in [0, 0.05) is 17.4 Å². The number of nitrogens with zero attached hydrogens (tertiary/aromatic N) is 1. The summed E-state index contributed by atoms with van der Waals surface area (Å²) in [5, 5.41) is 4.94. The molecule has 0 radical (unpaired) electrons. The summed E-state index contributed by atoms with van der Waals surface area (Å²) in [5.74, 6) is 2.84. The zero-order chi connectivity index (χ0) is 27.2. The number of benzene rings is 7. The molecule has 0 aliphatic carbocycles. The van der Waals surface area contributed by atoms with Gasteiger partial charge in [0.1, 0.15) is 0 Å². The van der Waals surface area contributed by atoms with E-state index in [4.69, 9.17) is 9.47 Å². The van der Waals surface area contributed by atoms with E-state index in [-0.39, 0.29) is 0 Å². The standard InChI is InChI=1S/C38H25NO2/c1-2-8-26(9-3-1)27-16-18-30(19-17-27)39(31-20-22-34-29(24-31)15-14-28-10-4-5-11-33(28)34)32-21-23-37-38(25-32)41-36-13-7-6-12-35(36)40-37/h1-25H. The van der Waals surface area contributed by atoms with Crippen molar-refractivity contribution in [3.8, 4) is 34.1 Å². The Morgan fingerprint density at radius 1 is 0.341 bits per heavy atom. The number of hydrogen-bond donors (Lipinski definition) is 0. The average Bonchev–Trinajstić information content (AvgIpc) is 3.04. The second-order valence-corrected chi connectivity index (χ2v) is 10.2. The van der Waals surface area contributed by atoms with Crippen LogP contribution in [0.2, 0.25) is 0 Å². The maximum atomic E-state index is 6.28. The highest BCUT2D eigenvalue weighted by Crippen LogP contribution is 2.48. The molecule has 8 rings (SSSR count). The third-order valence-electron chi connectivity index (χ3n) is 7.69. The van der Waals surface area contributed by atoms with E-state index in [0.717, 1.165) is 22.8 Å². The van der Waals surface area contributed by atoms with Gasteiger partial charge < -0.3 is 14.4 Å². The molecule has 0 bridgehead atoms. The quantitative estimate of drug-likeness (QED) is 0.212. The lowest BCUT2D eigenvalue weighted by Crippen LogP contribution is -2.10. The van der Waals surface area contributed by atoms with E-state index in [1.165, 1.54) is 32.7 Å². The summed E-state index contributed by atoms with van der Waals surface area (Å²) in [5.41, 5.74) is 5.48. The molecular weight excluding hydrogens is 502 g/mol. The van der Waals surface area contributed by atoms with E-state index in [1.807, 2.05) is 36.4 Å². The summed E-state index contributed by atoms with van der Waals surface area (Å²) in [6.07, 6.45) is 0. The minimum atomic E-state index is 0.693. The van der Waals surface area contributed by atoms with Crippen LogP contribution in [0.5, 0.6) is 23.0 Å². The largest absolute Gasteiger partial charge is 0.450 e. The molecule has 0 amide bonds. The van der Waals surface area contributed by atoms with Crippen LogP contribution in [0.4, 0.5) is 17.1 Å². The van der Waals surface area contributed by atoms with Crippen LogP contribution in [0, 0.1) is 0 Å². The first-order chi connectivity index (χ1) is 20.3. The Morgan fingerprint density at radius 2 is 0.902 bits per heavy atom. The van der Waals surface area contributed by atoms with E-state index < -0.39 is 0 Å². The number of fused-ring (bicyclic) bond motifs is 5. The second kappa shape index (κ2) is 9.58. The first kappa shape index (κ1) is 23.4. The van der Waals surface area contributed by atoms with Gasteiger partial charge in [-0.1, -0.05) is 97.1 Å². The zero-order valence-electron chi connectivity index (χ0n) is 22.2. The predicted octanol–water partition coefficient (Wildman–Crippen LogP) is 11.0. The van der Waals surface area contributed by atoms with Crippen molar-refractivity contribution in [1.29, 1.82) is 0 Å². The molecule has 0 spiro atoms. The van der Waals surface area contributed by atoms with E-state index in [1.54, 1.807) is 0 Å². The fraction of sp³-hybridized carbons (Fsp3) is 0.